The van der Waals surface area contributed by atoms with Crippen molar-refractivity contribution in [3.63, 3.8) is 0 Å². The molecule has 0 saturated carbocycles. The lowest BCUT2D eigenvalue weighted by atomic mass is 9.96. The first kappa shape index (κ1) is 21.3. The van der Waals surface area contributed by atoms with Crippen molar-refractivity contribution in [3.05, 3.63) is 59.9 Å². The van der Waals surface area contributed by atoms with E-state index in [1.54, 1.807) is 43.8 Å². The first-order valence-corrected chi connectivity index (χ1v) is 9.95. The number of aromatic nitrogens is 1. The Balaban J connectivity index is 1.36. The third-order valence-electron chi connectivity index (χ3n) is 5.20. The fourth-order valence-electron chi connectivity index (χ4n) is 3.34. The van der Waals surface area contributed by atoms with Crippen LogP contribution in [0.1, 0.15) is 28.8 Å². The van der Waals surface area contributed by atoms with E-state index in [-0.39, 0.29) is 18.4 Å². The van der Waals surface area contributed by atoms with Gasteiger partial charge >= 0.3 is 11.8 Å². The Morgan fingerprint density at radius 1 is 1.00 bits per heavy atom. The van der Waals surface area contributed by atoms with Crippen LogP contribution in [0.2, 0.25) is 0 Å². The molecule has 158 valence electrons. The number of nitrogens with one attached hydrogen (secondary N) is 2. The predicted octanol–water partition coefficient (Wildman–Crippen LogP) is 1.38. The number of hydrogen-bond acceptors (Lipinski definition) is 5. The number of rotatable bonds is 6. The number of carbonyl (C=O) groups excluding carboxylic acids is 3. The molecule has 30 heavy (non-hydrogen) atoms. The van der Waals surface area contributed by atoms with E-state index in [0.717, 1.165) is 24.2 Å². The molecule has 0 unspecified atom stereocenters. The minimum atomic E-state index is -0.656. The van der Waals surface area contributed by atoms with Gasteiger partial charge in [0, 0.05) is 44.1 Å². The van der Waals surface area contributed by atoms with E-state index in [2.05, 4.69) is 15.6 Å². The summed E-state index contributed by atoms with van der Waals surface area (Å²) >= 11 is 0. The highest BCUT2D eigenvalue weighted by molar-refractivity contribution is 6.35. The number of piperidine rings is 1. The lowest BCUT2D eigenvalue weighted by Crippen LogP contribution is -2.44. The maximum Gasteiger partial charge on any atom is 0.309 e. The number of pyridine rings is 1. The van der Waals surface area contributed by atoms with Crippen LogP contribution < -0.4 is 15.4 Å². The van der Waals surface area contributed by atoms with Crippen LogP contribution in [0.3, 0.4) is 0 Å². The molecular formula is C22H26N4O4. The molecule has 1 saturated heterocycles. The van der Waals surface area contributed by atoms with Gasteiger partial charge < -0.3 is 20.3 Å². The lowest BCUT2D eigenvalue weighted by molar-refractivity contribution is -0.139. The number of methoxy groups -OCH3 is 1. The number of benzene rings is 1. The first-order chi connectivity index (χ1) is 14.6. The highest BCUT2D eigenvalue weighted by atomic mass is 16.5. The number of hydrogen-bond donors (Lipinski definition) is 2. The van der Waals surface area contributed by atoms with Crippen molar-refractivity contribution in [3.8, 4) is 5.75 Å². The highest BCUT2D eigenvalue weighted by Crippen LogP contribution is 2.18. The number of likely N-dealkylation sites (tertiary alicyclic amines) is 1. The third-order valence-corrected chi connectivity index (χ3v) is 5.20. The summed E-state index contributed by atoms with van der Waals surface area (Å²) in [6.07, 6.45) is 4.78. The van der Waals surface area contributed by atoms with E-state index in [9.17, 15) is 14.4 Å². The van der Waals surface area contributed by atoms with E-state index in [1.165, 1.54) is 0 Å². The van der Waals surface area contributed by atoms with Gasteiger partial charge in [0.05, 0.1) is 7.11 Å². The normalized spacial score (nSPS) is 14.1. The van der Waals surface area contributed by atoms with Crippen molar-refractivity contribution in [1.29, 1.82) is 0 Å². The second-order valence-corrected chi connectivity index (χ2v) is 7.21. The zero-order valence-corrected chi connectivity index (χ0v) is 17.0. The summed E-state index contributed by atoms with van der Waals surface area (Å²) < 4.78 is 5.09. The molecule has 1 aliphatic heterocycles. The largest absolute Gasteiger partial charge is 0.497 e. The summed E-state index contributed by atoms with van der Waals surface area (Å²) in [5.41, 5.74) is 1.51. The quantitative estimate of drug-likeness (QED) is 0.701. The minimum Gasteiger partial charge on any atom is -0.497 e. The molecule has 0 aliphatic carbocycles. The van der Waals surface area contributed by atoms with Crippen molar-refractivity contribution in [1.82, 2.24) is 20.5 Å². The van der Waals surface area contributed by atoms with Crippen molar-refractivity contribution < 1.29 is 19.1 Å². The zero-order valence-electron chi connectivity index (χ0n) is 17.0. The van der Waals surface area contributed by atoms with E-state index >= 15 is 0 Å². The molecule has 2 aromatic rings. The standard InChI is InChI=1S/C22H26N4O4/c1-30-19-4-2-16(3-5-19)14-24-20(27)21(28)25-15-17-8-12-26(13-9-17)22(29)18-6-10-23-11-7-18/h2-7,10-11,17H,8-9,12-15H2,1H3,(H,24,27)(H,25,28). The van der Waals surface area contributed by atoms with Crippen LogP contribution in [0.25, 0.3) is 0 Å². The second kappa shape index (κ2) is 10.4. The summed E-state index contributed by atoms with van der Waals surface area (Å²) in [6.45, 7) is 1.95. The Morgan fingerprint density at radius 2 is 1.63 bits per heavy atom. The molecule has 8 heteroatoms. The first-order valence-electron chi connectivity index (χ1n) is 9.95. The molecule has 3 amide bonds. The molecule has 0 atom stereocenters. The van der Waals surface area contributed by atoms with Crippen LogP contribution in [0.4, 0.5) is 0 Å². The Kier molecular flexibility index (Phi) is 7.37. The molecule has 1 aromatic carbocycles. The van der Waals surface area contributed by atoms with E-state index in [4.69, 9.17) is 4.74 Å². The molecule has 1 fully saturated rings. The van der Waals surface area contributed by atoms with Gasteiger partial charge in [-0.2, -0.15) is 0 Å². The van der Waals surface area contributed by atoms with E-state index in [0.29, 0.717) is 25.2 Å². The molecule has 2 N–H and O–H groups in total. The average Bonchev–Trinajstić information content (AvgIpc) is 2.81. The van der Waals surface area contributed by atoms with Gasteiger partial charge in [-0.1, -0.05) is 12.1 Å². The Hall–Kier alpha value is -3.42. The highest BCUT2D eigenvalue weighted by Gasteiger charge is 2.24. The van der Waals surface area contributed by atoms with E-state index in [1.807, 2.05) is 17.0 Å². The van der Waals surface area contributed by atoms with Crippen molar-refractivity contribution in [2.24, 2.45) is 5.92 Å². The Labute approximate surface area is 175 Å². The van der Waals surface area contributed by atoms with Crippen molar-refractivity contribution in [2.45, 2.75) is 19.4 Å². The van der Waals surface area contributed by atoms with Gasteiger partial charge in [-0.05, 0) is 48.6 Å². The van der Waals surface area contributed by atoms with Crippen LogP contribution in [0.5, 0.6) is 5.75 Å². The van der Waals surface area contributed by atoms with Gasteiger partial charge in [0.25, 0.3) is 5.91 Å². The SMILES string of the molecule is COc1ccc(CNC(=O)C(=O)NCC2CCN(C(=O)c3ccncc3)CC2)cc1. The molecule has 3 rings (SSSR count). The molecule has 2 heterocycles. The second-order valence-electron chi connectivity index (χ2n) is 7.21. The molecule has 8 nitrogen and oxygen atoms in total. The van der Waals surface area contributed by atoms with Crippen LogP contribution >= 0.6 is 0 Å². The smallest absolute Gasteiger partial charge is 0.309 e. The van der Waals surface area contributed by atoms with Crippen molar-refractivity contribution >= 4 is 17.7 Å². The summed E-state index contributed by atoms with van der Waals surface area (Å²) in [7, 11) is 1.59. The zero-order chi connectivity index (χ0) is 21.3. The van der Waals surface area contributed by atoms with Crippen LogP contribution in [-0.4, -0.2) is 54.3 Å². The fraction of sp³-hybridized carbons (Fsp3) is 0.364. The fourth-order valence-corrected chi connectivity index (χ4v) is 3.34. The summed E-state index contributed by atoms with van der Waals surface area (Å²) in [4.78, 5) is 42.3. The number of ether oxygens (including phenoxy) is 1. The van der Waals surface area contributed by atoms with Gasteiger partial charge in [-0.3, -0.25) is 19.4 Å². The van der Waals surface area contributed by atoms with Crippen molar-refractivity contribution in [2.75, 3.05) is 26.7 Å². The minimum absolute atomic E-state index is 0.00204. The van der Waals surface area contributed by atoms with Gasteiger partial charge in [-0.15, -0.1) is 0 Å². The number of carbonyl (C=O) groups is 3. The summed E-state index contributed by atoms with van der Waals surface area (Å²) in [5, 5.41) is 5.31. The predicted molar refractivity (Wildman–Crippen MR) is 111 cm³/mol. The average molecular weight is 410 g/mol. The van der Waals surface area contributed by atoms with Gasteiger partial charge in [0.1, 0.15) is 5.75 Å². The monoisotopic (exact) mass is 410 g/mol. The molecule has 1 aromatic heterocycles. The van der Waals surface area contributed by atoms with Gasteiger partial charge in [0.15, 0.2) is 0 Å². The van der Waals surface area contributed by atoms with Crippen LogP contribution in [-0.2, 0) is 16.1 Å². The number of nitrogens with zero attached hydrogens (tertiary/aromatic N) is 2. The molecular weight excluding hydrogens is 384 g/mol. The van der Waals surface area contributed by atoms with Crippen LogP contribution in [0.15, 0.2) is 48.8 Å². The molecule has 1 aliphatic rings. The summed E-state index contributed by atoms with van der Waals surface area (Å²) in [5.74, 6) is -0.325. The molecule has 0 radical (unpaired) electrons. The Morgan fingerprint density at radius 3 is 2.27 bits per heavy atom. The Bertz CT molecular complexity index is 862. The van der Waals surface area contributed by atoms with E-state index < -0.39 is 11.8 Å². The third kappa shape index (κ3) is 5.79. The van der Waals surface area contributed by atoms with Gasteiger partial charge in [0.2, 0.25) is 0 Å². The molecule has 0 bridgehead atoms. The molecule has 0 spiro atoms. The maximum absolute atomic E-state index is 12.5. The lowest BCUT2D eigenvalue weighted by Gasteiger charge is -2.32. The maximum atomic E-state index is 12.5. The summed E-state index contributed by atoms with van der Waals surface area (Å²) in [6, 6.07) is 10.7. The van der Waals surface area contributed by atoms with Gasteiger partial charge in [-0.25, -0.2) is 0 Å². The van der Waals surface area contributed by atoms with Crippen LogP contribution in [0, 0.1) is 5.92 Å². The topological polar surface area (TPSA) is 101 Å². The number of amides is 3.